The van der Waals surface area contributed by atoms with Crippen molar-refractivity contribution in [3.05, 3.63) is 29.8 Å². The predicted octanol–water partition coefficient (Wildman–Crippen LogP) is 3.34. The topological polar surface area (TPSA) is 15.3 Å². The normalized spacial score (nSPS) is 18.4. The van der Waals surface area contributed by atoms with Crippen molar-refractivity contribution in [3.8, 4) is 0 Å². The van der Waals surface area contributed by atoms with E-state index in [4.69, 9.17) is 0 Å². The Balaban J connectivity index is 0.00000200. The number of halogens is 4. The first-order valence-electron chi connectivity index (χ1n) is 6.18. The Kier molecular flexibility index (Phi) is 6.64. The fraction of sp³-hybridized carbons (Fsp3) is 0.538. The van der Waals surface area contributed by atoms with Gasteiger partial charge in [-0.25, -0.2) is 0 Å². The van der Waals surface area contributed by atoms with Gasteiger partial charge in [-0.1, -0.05) is 12.1 Å². The smallest absolute Gasteiger partial charge is 0.314 e. The number of alkyl halides is 3. The van der Waals surface area contributed by atoms with Gasteiger partial charge in [-0.05, 0) is 24.0 Å². The summed E-state index contributed by atoms with van der Waals surface area (Å²) in [6, 6.07) is 5.19. The van der Waals surface area contributed by atoms with E-state index in [1.165, 1.54) is 16.7 Å². The van der Waals surface area contributed by atoms with Gasteiger partial charge in [-0.15, -0.1) is 24.2 Å². The van der Waals surface area contributed by atoms with E-state index in [0.717, 1.165) is 4.90 Å². The van der Waals surface area contributed by atoms with Crippen LogP contribution in [0.25, 0.3) is 0 Å². The van der Waals surface area contributed by atoms with Crippen molar-refractivity contribution >= 4 is 24.2 Å². The van der Waals surface area contributed by atoms with Gasteiger partial charge in [0, 0.05) is 31.1 Å². The van der Waals surface area contributed by atoms with E-state index in [1.807, 2.05) is 6.26 Å². The maximum Gasteiger partial charge on any atom is 0.408 e. The summed E-state index contributed by atoms with van der Waals surface area (Å²) in [6.45, 7) is 2.06. The minimum atomic E-state index is -4.24. The number of nitrogens with one attached hydrogen (secondary N) is 1. The largest absolute Gasteiger partial charge is 0.408 e. The van der Waals surface area contributed by atoms with Crippen molar-refractivity contribution in [3.63, 3.8) is 0 Å². The molecule has 1 aromatic rings. The lowest BCUT2D eigenvalue weighted by Crippen LogP contribution is -2.49. The number of piperazine rings is 1. The lowest BCUT2D eigenvalue weighted by molar-refractivity contribution is -0.187. The summed E-state index contributed by atoms with van der Waals surface area (Å²) in [5.41, 5.74) is 0.326. The minimum absolute atomic E-state index is 0. The monoisotopic (exact) mass is 326 g/mol. The molecule has 1 heterocycles. The SMILES string of the molecule is CSc1ccc([C@H](N2CCNCC2)C(F)(F)F)cc1.Cl. The van der Waals surface area contributed by atoms with Crippen molar-refractivity contribution in [2.24, 2.45) is 0 Å². The summed E-state index contributed by atoms with van der Waals surface area (Å²) < 4.78 is 39.9. The Bertz CT molecular complexity index is 405. The molecule has 1 fully saturated rings. The average molecular weight is 327 g/mol. The van der Waals surface area contributed by atoms with E-state index in [9.17, 15) is 13.2 Å². The van der Waals surface area contributed by atoms with Gasteiger partial charge in [-0.3, -0.25) is 4.90 Å². The predicted molar refractivity (Wildman–Crippen MR) is 78.7 cm³/mol. The third-order valence-electron chi connectivity index (χ3n) is 3.26. The van der Waals surface area contributed by atoms with Crippen molar-refractivity contribution in [2.75, 3.05) is 32.4 Å². The Hall–Kier alpha value is -0.430. The van der Waals surface area contributed by atoms with Crippen LogP contribution in [-0.4, -0.2) is 43.5 Å². The fourth-order valence-electron chi connectivity index (χ4n) is 2.33. The molecule has 0 spiro atoms. The Morgan fingerprint density at radius 1 is 1.15 bits per heavy atom. The zero-order valence-electron chi connectivity index (χ0n) is 11.1. The van der Waals surface area contributed by atoms with Gasteiger partial charge >= 0.3 is 6.18 Å². The van der Waals surface area contributed by atoms with E-state index in [1.54, 1.807) is 24.3 Å². The van der Waals surface area contributed by atoms with Crippen LogP contribution in [0.5, 0.6) is 0 Å². The second kappa shape index (κ2) is 7.54. The van der Waals surface area contributed by atoms with Crippen LogP contribution in [0.15, 0.2) is 29.2 Å². The Morgan fingerprint density at radius 3 is 2.15 bits per heavy atom. The van der Waals surface area contributed by atoms with Gasteiger partial charge in [0.15, 0.2) is 0 Å². The van der Waals surface area contributed by atoms with Gasteiger partial charge < -0.3 is 5.32 Å². The molecule has 0 amide bonds. The molecule has 0 unspecified atom stereocenters. The summed E-state index contributed by atoms with van der Waals surface area (Å²) in [7, 11) is 0. The van der Waals surface area contributed by atoms with Crippen molar-refractivity contribution in [1.29, 1.82) is 0 Å². The molecule has 1 saturated heterocycles. The van der Waals surface area contributed by atoms with E-state index in [0.29, 0.717) is 31.7 Å². The molecule has 2 rings (SSSR count). The summed E-state index contributed by atoms with van der Waals surface area (Å²) >= 11 is 1.53. The molecule has 1 aliphatic rings. The lowest BCUT2D eigenvalue weighted by Gasteiger charge is -2.36. The van der Waals surface area contributed by atoms with Crippen molar-refractivity contribution < 1.29 is 13.2 Å². The molecule has 0 radical (unpaired) electrons. The number of hydrogen-bond acceptors (Lipinski definition) is 3. The van der Waals surface area contributed by atoms with Crippen molar-refractivity contribution in [1.82, 2.24) is 10.2 Å². The van der Waals surface area contributed by atoms with Gasteiger partial charge in [0.05, 0.1) is 0 Å². The van der Waals surface area contributed by atoms with E-state index < -0.39 is 12.2 Å². The summed E-state index contributed by atoms with van der Waals surface area (Å²) in [4.78, 5) is 2.48. The van der Waals surface area contributed by atoms with Gasteiger partial charge in [-0.2, -0.15) is 13.2 Å². The summed E-state index contributed by atoms with van der Waals surface area (Å²) in [6.07, 6.45) is -2.33. The minimum Gasteiger partial charge on any atom is -0.314 e. The van der Waals surface area contributed by atoms with E-state index in [-0.39, 0.29) is 12.4 Å². The zero-order chi connectivity index (χ0) is 13.9. The first kappa shape index (κ1) is 17.6. The summed E-state index contributed by atoms with van der Waals surface area (Å²) in [5, 5.41) is 3.08. The van der Waals surface area contributed by atoms with Crippen LogP contribution >= 0.6 is 24.2 Å². The number of benzene rings is 1. The van der Waals surface area contributed by atoms with E-state index in [2.05, 4.69) is 5.32 Å². The molecule has 0 saturated carbocycles. The number of rotatable bonds is 3. The fourth-order valence-corrected chi connectivity index (χ4v) is 2.74. The van der Waals surface area contributed by atoms with Crippen LogP contribution < -0.4 is 5.32 Å². The highest BCUT2D eigenvalue weighted by molar-refractivity contribution is 7.98. The number of thioether (sulfide) groups is 1. The molecule has 7 heteroatoms. The third-order valence-corrected chi connectivity index (χ3v) is 4.00. The van der Waals surface area contributed by atoms with Crippen LogP contribution in [0.4, 0.5) is 13.2 Å². The molecular formula is C13H18ClF3N2S. The van der Waals surface area contributed by atoms with Gasteiger partial charge in [0.25, 0.3) is 0 Å². The van der Waals surface area contributed by atoms with Crippen LogP contribution in [0, 0.1) is 0 Å². The quantitative estimate of drug-likeness (QED) is 0.858. The average Bonchev–Trinajstić information content (AvgIpc) is 2.39. The maximum absolute atomic E-state index is 13.3. The highest BCUT2D eigenvalue weighted by atomic mass is 35.5. The van der Waals surface area contributed by atoms with E-state index >= 15 is 0 Å². The van der Waals surface area contributed by atoms with Crippen LogP contribution in [-0.2, 0) is 0 Å². The second-order valence-corrected chi connectivity index (χ2v) is 5.38. The molecule has 1 aromatic carbocycles. The van der Waals surface area contributed by atoms with Crippen LogP contribution in [0.2, 0.25) is 0 Å². The molecule has 0 aromatic heterocycles. The zero-order valence-corrected chi connectivity index (χ0v) is 12.7. The number of hydrogen-bond donors (Lipinski definition) is 1. The Morgan fingerprint density at radius 2 is 1.70 bits per heavy atom. The molecule has 2 nitrogen and oxygen atoms in total. The highest BCUT2D eigenvalue weighted by Crippen LogP contribution is 2.38. The summed E-state index contributed by atoms with van der Waals surface area (Å²) in [5.74, 6) is 0. The number of nitrogens with zero attached hydrogens (tertiary/aromatic N) is 1. The standard InChI is InChI=1S/C13H17F3N2S.ClH/c1-19-11-4-2-10(3-5-11)12(13(14,15)16)18-8-6-17-7-9-18;/h2-5,12,17H,6-9H2,1H3;1H/t12-;/m0./s1. The molecular weight excluding hydrogens is 309 g/mol. The molecule has 1 N–H and O–H groups in total. The molecule has 0 aliphatic carbocycles. The first-order chi connectivity index (χ1) is 9.02. The first-order valence-corrected chi connectivity index (χ1v) is 7.40. The van der Waals surface area contributed by atoms with Crippen molar-refractivity contribution in [2.45, 2.75) is 17.1 Å². The van der Waals surface area contributed by atoms with Gasteiger partial charge in [0.1, 0.15) is 6.04 Å². The Labute approximate surface area is 127 Å². The maximum atomic E-state index is 13.3. The van der Waals surface area contributed by atoms with Crippen LogP contribution in [0.3, 0.4) is 0 Å². The molecule has 114 valence electrons. The van der Waals surface area contributed by atoms with Gasteiger partial charge in [0.2, 0.25) is 0 Å². The molecule has 0 bridgehead atoms. The third kappa shape index (κ3) is 4.28. The highest BCUT2D eigenvalue weighted by Gasteiger charge is 2.44. The molecule has 20 heavy (non-hydrogen) atoms. The molecule has 1 aliphatic heterocycles. The van der Waals surface area contributed by atoms with Crippen LogP contribution in [0.1, 0.15) is 11.6 Å². The molecule has 1 atom stereocenters. The second-order valence-electron chi connectivity index (χ2n) is 4.50. The lowest BCUT2D eigenvalue weighted by atomic mass is 10.0.